The van der Waals surface area contributed by atoms with Crippen LogP contribution in [0, 0.1) is 0 Å². The minimum absolute atomic E-state index is 0. The highest BCUT2D eigenvalue weighted by Gasteiger charge is 1.96. The summed E-state index contributed by atoms with van der Waals surface area (Å²) in [7, 11) is 0. The number of rotatable bonds is 10. The maximum absolute atomic E-state index is 10.2. The molecule has 0 saturated carbocycles. The molecule has 3 N–H and O–H groups in total. The summed E-state index contributed by atoms with van der Waals surface area (Å²) in [6, 6.07) is 0. The van der Waals surface area contributed by atoms with Gasteiger partial charge in [0.15, 0.2) is 0 Å². The van der Waals surface area contributed by atoms with Crippen LogP contribution in [-0.4, -0.2) is 29.8 Å². The van der Waals surface area contributed by atoms with Gasteiger partial charge in [0.25, 0.3) is 0 Å². The zero-order valence-electron chi connectivity index (χ0n) is 13.2. The number of aliphatic carboxylic acids is 1. The van der Waals surface area contributed by atoms with E-state index in [1.807, 2.05) is 0 Å². The number of ether oxygens (including phenoxy) is 1. The normalized spacial score (nSPS) is 13.2. The number of carboxylic acids is 1. The monoisotopic (exact) mass is 290 g/mol. The molecule has 122 valence electrons. The number of hydrogen-bond donors (Lipinski definition) is 1. The third kappa shape index (κ3) is 19.7. The standard InChI is InChI=1S/C12H24O2.C4H8O.H2O/c1-2-3-4-5-6-7-8-9-10-11-12(13)14;1-2-4-5-3-1;/h2-11H2,1H3,(H,13,14);1-4H2;1H2. The van der Waals surface area contributed by atoms with Gasteiger partial charge in [-0.15, -0.1) is 0 Å². The second kappa shape index (κ2) is 18.4. The number of unbranched alkanes of at least 4 members (excludes halogenated alkanes) is 8. The fourth-order valence-electron chi connectivity index (χ4n) is 2.10. The maximum Gasteiger partial charge on any atom is 0.303 e. The predicted octanol–water partition coefficient (Wildman–Crippen LogP) is 3.96. The molecule has 1 saturated heterocycles. The highest BCUT2D eigenvalue weighted by Crippen LogP contribution is 2.10. The largest absolute Gasteiger partial charge is 0.481 e. The van der Waals surface area contributed by atoms with E-state index < -0.39 is 5.97 Å². The van der Waals surface area contributed by atoms with Gasteiger partial charge in [-0.05, 0) is 19.3 Å². The number of carboxylic acid groups (broad SMARTS) is 1. The first-order valence-corrected chi connectivity index (χ1v) is 8.07. The van der Waals surface area contributed by atoms with Gasteiger partial charge < -0.3 is 15.3 Å². The molecule has 0 amide bonds. The Balaban J connectivity index is 0. The molecule has 0 aromatic carbocycles. The van der Waals surface area contributed by atoms with Crippen LogP contribution in [0.2, 0.25) is 0 Å². The van der Waals surface area contributed by atoms with Crippen LogP contribution in [0.3, 0.4) is 0 Å². The van der Waals surface area contributed by atoms with Crippen LogP contribution in [0.15, 0.2) is 0 Å². The van der Waals surface area contributed by atoms with Crippen LogP contribution >= 0.6 is 0 Å². The van der Waals surface area contributed by atoms with Gasteiger partial charge in [-0.25, -0.2) is 0 Å². The molecule has 0 aromatic rings. The molecule has 20 heavy (non-hydrogen) atoms. The molecular weight excluding hydrogens is 256 g/mol. The summed E-state index contributed by atoms with van der Waals surface area (Å²) in [4.78, 5) is 10.2. The summed E-state index contributed by atoms with van der Waals surface area (Å²) in [5, 5.41) is 8.41. The first-order valence-electron chi connectivity index (χ1n) is 8.07. The van der Waals surface area contributed by atoms with E-state index in [1.54, 1.807) is 0 Å². The molecule has 0 bridgehead atoms. The Labute approximate surface area is 124 Å². The van der Waals surface area contributed by atoms with Crippen molar-refractivity contribution in [1.29, 1.82) is 0 Å². The Bertz CT molecular complexity index is 183. The molecule has 1 heterocycles. The highest BCUT2D eigenvalue weighted by molar-refractivity contribution is 5.66. The minimum atomic E-state index is -0.659. The van der Waals surface area contributed by atoms with E-state index in [4.69, 9.17) is 9.84 Å². The van der Waals surface area contributed by atoms with E-state index in [0.717, 1.165) is 26.1 Å². The SMILES string of the molecule is C1CCOC1.CCCCCCCCCCCC(=O)O.O. The molecule has 0 radical (unpaired) electrons. The predicted molar refractivity (Wildman–Crippen MR) is 83.1 cm³/mol. The van der Waals surface area contributed by atoms with Crippen LogP contribution in [0.1, 0.15) is 84.0 Å². The molecule has 4 nitrogen and oxygen atoms in total. The van der Waals surface area contributed by atoms with Crippen molar-refractivity contribution >= 4 is 5.97 Å². The summed E-state index contributed by atoms with van der Waals surface area (Å²) in [6.07, 6.45) is 14.0. The van der Waals surface area contributed by atoms with Crippen molar-refractivity contribution in [2.75, 3.05) is 13.2 Å². The van der Waals surface area contributed by atoms with Crippen molar-refractivity contribution in [1.82, 2.24) is 0 Å². The lowest BCUT2D eigenvalue weighted by atomic mass is 10.1. The third-order valence-corrected chi connectivity index (χ3v) is 3.32. The molecule has 1 aliphatic heterocycles. The van der Waals surface area contributed by atoms with Crippen molar-refractivity contribution in [3.63, 3.8) is 0 Å². The van der Waals surface area contributed by atoms with Gasteiger partial charge >= 0.3 is 5.97 Å². The van der Waals surface area contributed by atoms with E-state index in [2.05, 4.69) is 6.92 Å². The molecule has 1 rings (SSSR count). The Kier molecular flexibility index (Phi) is 19.9. The van der Waals surface area contributed by atoms with Crippen molar-refractivity contribution in [2.24, 2.45) is 0 Å². The lowest BCUT2D eigenvalue weighted by molar-refractivity contribution is -0.137. The Morgan fingerprint density at radius 3 is 1.70 bits per heavy atom. The van der Waals surface area contributed by atoms with Crippen molar-refractivity contribution in [3.05, 3.63) is 0 Å². The summed E-state index contributed by atoms with van der Waals surface area (Å²) in [5.74, 6) is -0.659. The van der Waals surface area contributed by atoms with Crippen LogP contribution in [0.4, 0.5) is 0 Å². The quantitative estimate of drug-likeness (QED) is 0.618. The van der Waals surface area contributed by atoms with Gasteiger partial charge in [0.05, 0.1) is 0 Å². The van der Waals surface area contributed by atoms with Crippen molar-refractivity contribution < 1.29 is 20.1 Å². The Morgan fingerprint density at radius 1 is 0.900 bits per heavy atom. The second-order valence-electron chi connectivity index (χ2n) is 5.29. The zero-order valence-corrected chi connectivity index (χ0v) is 13.2. The van der Waals surface area contributed by atoms with E-state index in [9.17, 15) is 4.79 Å². The number of carbonyl (C=O) groups is 1. The molecule has 0 aliphatic carbocycles. The van der Waals surface area contributed by atoms with Gasteiger partial charge in [0.1, 0.15) is 0 Å². The first-order chi connectivity index (χ1) is 9.27. The first kappa shape index (κ1) is 21.7. The van der Waals surface area contributed by atoms with Gasteiger partial charge in [-0.3, -0.25) is 4.79 Å². The smallest absolute Gasteiger partial charge is 0.303 e. The fraction of sp³-hybridized carbons (Fsp3) is 0.938. The topological polar surface area (TPSA) is 78.0 Å². The summed E-state index contributed by atoms with van der Waals surface area (Å²) in [5.41, 5.74) is 0. The number of hydrogen-bond acceptors (Lipinski definition) is 2. The average Bonchev–Trinajstić information content (AvgIpc) is 2.95. The third-order valence-electron chi connectivity index (χ3n) is 3.32. The van der Waals surface area contributed by atoms with Gasteiger partial charge in [0.2, 0.25) is 0 Å². The van der Waals surface area contributed by atoms with E-state index in [1.165, 1.54) is 57.8 Å². The van der Waals surface area contributed by atoms with Crippen LogP contribution in [0.25, 0.3) is 0 Å². The van der Waals surface area contributed by atoms with Gasteiger partial charge in [0, 0.05) is 19.6 Å². The van der Waals surface area contributed by atoms with E-state index >= 15 is 0 Å². The zero-order chi connectivity index (χ0) is 14.2. The Morgan fingerprint density at radius 2 is 1.35 bits per heavy atom. The lowest BCUT2D eigenvalue weighted by Crippen LogP contribution is -1.93. The molecular formula is C16H34O4. The maximum atomic E-state index is 10.2. The molecule has 0 atom stereocenters. The fourth-order valence-corrected chi connectivity index (χ4v) is 2.10. The van der Waals surface area contributed by atoms with Crippen molar-refractivity contribution in [3.8, 4) is 0 Å². The lowest BCUT2D eigenvalue weighted by Gasteiger charge is -2.00. The van der Waals surface area contributed by atoms with Crippen molar-refractivity contribution in [2.45, 2.75) is 84.0 Å². The van der Waals surface area contributed by atoms with Gasteiger partial charge in [-0.2, -0.15) is 0 Å². The summed E-state index contributed by atoms with van der Waals surface area (Å²) >= 11 is 0. The van der Waals surface area contributed by atoms with Crippen LogP contribution in [0.5, 0.6) is 0 Å². The van der Waals surface area contributed by atoms with Crippen LogP contribution < -0.4 is 0 Å². The molecule has 0 unspecified atom stereocenters. The molecule has 1 fully saturated rings. The molecule has 0 spiro atoms. The Hall–Kier alpha value is -0.610. The average molecular weight is 290 g/mol. The molecule has 0 aromatic heterocycles. The molecule has 1 aliphatic rings. The minimum Gasteiger partial charge on any atom is -0.481 e. The second-order valence-corrected chi connectivity index (χ2v) is 5.29. The van der Waals surface area contributed by atoms with E-state index in [0.29, 0.717) is 6.42 Å². The van der Waals surface area contributed by atoms with Crippen LogP contribution in [-0.2, 0) is 9.53 Å². The highest BCUT2D eigenvalue weighted by atomic mass is 16.5. The van der Waals surface area contributed by atoms with E-state index in [-0.39, 0.29) is 5.48 Å². The molecule has 4 heteroatoms. The summed E-state index contributed by atoms with van der Waals surface area (Å²) < 4.78 is 4.94. The van der Waals surface area contributed by atoms with Gasteiger partial charge in [-0.1, -0.05) is 58.3 Å². The summed E-state index contributed by atoms with van der Waals surface area (Å²) in [6.45, 7) is 4.23.